The van der Waals surface area contributed by atoms with Crippen LogP contribution in [0.1, 0.15) is 24.4 Å². The van der Waals surface area contributed by atoms with Crippen molar-refractivity contribution in [3.05, 3.63) is 47.5 Å². The van der Waals surface area contributed by atoms with Crippen molar-refractivity contribution in [3.63, 3.8) is 0 Å². The molecule has 0 radical (unpaired) electrons. The smallest absolute Gasteiger partial charge is 0.205 e. The Hall–Kier alpha value is -1.88. The zero-order chi connectivity index (χ0) is 15.1. The molecule has 0 amide bonds. The van der Waals surface area contributed by atoms with Crippen molar-refractivity contribution in [2.24, 2.45) is 5.92 Å². The summed E-state index contributed by atoms with van der Waals surface area (Å²) in [5.41, 5.74) is 1.10. The summed E-state index contributed by atoms with van der Waals surface area (Å²) in [6, 6.07) is 7.97. The molecule has 0 aliphatic carbocycles. The summed E-state index contributed by atoms with van der Waals surface area (Å²) in [4.78, 5) is 0. The molecule has 1 N–H and O–H groups in total. The molecule has 5 heteroatoms. The molecule has 0 aliphatic rings. The van der Waals surface area contributed by atoms with Gasteiger partial charge in [0, 0.05) is 18.5 Å². The van der Waals surface area contributed by atoms with E-state index in [1.54, 1.807) is 17.4 Å². The lowest BCUT2D eigenvalue weighted by atomic mass is 10.1. The molecule has 0 unspecified atom stereocenters. The number of benzene rings is 1. The van der Waals surface area contributed by atoms with Gasteiger partial charge in [-0.25, -0.2) is 0 Å². The third kappa shape index (κ3) is 4.86. The number of anilines is 1. The third-order valence-electron chi connectivity index (χ3n) is 2.81. The van der Waals surface area contributed by atoms with E-state index in [9.17, 15) is 0 Å². The van der Waals surface area contributed by atoms with Gasteiger partial charge in [0.2, 0.25) is 5.13 Å². The average Bonchev–Trinajstić information content (AvgIpc) is 2.90. The van der Waals surface area contributed by atoms with Crippen molar-refractivity contribution in [3.8, 4) is 5.75 Å². The molecule has 2 rings (SSSR count). The number of para-hydroxylation sites is 1. The maximum absolute atomic E-state index is 5.64. The average molecular weight is 303 g/mol. The molecule has 1 heterocycles. The van der Waals surface area contributed by atoms with Crippen molar-refractivity contribution in [1.29, 1.82) is 0 Å². The highest BCUT2D eigenvalue weighted by molar-refractivity contribution is 7.15. The predicted molar refractivity (Wildman–Crippen MR) is 87.9 cm³/mol. The number of nitrogens with one attached hydrogen (secondary N) is 1. The summed E-state index contributed by atoms with van der Waals surface area (Å²) in [5.74, 6) is 1.47. The lowest BCUT2D eigenvalue weighted by Gasteiger charge is -2.10. The van der Waals surface area contributed by atoms with Crippen LogP contribution >= 0.6 is 11.3 Å². The number of hydrogen-bond donors (Lipinski definition) is 1. The Morgan fingerprint density at radius 3 is 2.90 bits per heavy atom. The maximum atomic E-state index is 5.64. The third-order valence-corrected chi connectivity index (χ3v) is 3.71. The Kier molecular flexibility index (Phi) is 5.75. The first-order valence-electron chi connectivity index (χ1n) is 7.07. The largest absolute Gasteiger partial charge is 0.489 e. The van der Waals surface area contributed by atoms with Crippen LogP contribution in [0.4, 0.5) is 5.13 Å². The fraction of sp³-hybridized carbons (Fsp3) is 0.375. The lowest BCUT2D eigenvalue weighted by Crippen LogP contribution is -2.03. The topological polar surface area (TPSA) is 47.0 Å². The maximum Gasteiger partial charge on any atom is 0.205 e. The van der Waals surface area contributed by atoms with Crippen LogP contribution in [0.3, 0.4) is 0 Å². The van der Waals surface area contributed by atoms with Crippen molar-refractivity contribution in [2.45, 2.75) is 26.8 Å². The molecule has 4 nitrogen and oxygen atoms in total. The first-order chi connectivity index (χ1) is 10.2. The Labute approximate surface area is 129 Å². The Morgan fingerprint density at radius 1 is 1.33 bits per heavy atom. The van der Waals surface area contributed by atoms with Crippen LogP contribution in [0.15, 0.2) is 36.9 Å². The number of aromatic nitrogens is 2. The lowest BCUT2D eigenvalue weighted by molar-refractivity contribution is 0.359. The molecular formula is C16H21N3OS. The van der Waals surface area contributed by atoms with Crippen LogP contribution < -0.4 is 10.1 Å². The van der Waals surface area contributed by atoms with E-state index < -0.39 is 0 Å². The van der Waals surface area contributed by atoms with E-state index in [0.29, 0.717) is 19.1 Å². The van der Waals surface area contributed by atoms with Gasteiger partial charge in [0.1, 0.15) is 17.4 Å². The van der Waals surface area contributed by atoms with Gasteiger partial charge >= 0.3 is 0 Å². The fourth-order valence-electron chi connectivity index (χ4n) is 1.87. The van der Waals surface area contributed by atoms with Crippen LogP contribution in [0, 0.1) is 5.92 Å². The van der Waals surface area contributed by atoms with Crippen LogP contribution in [-0.2, 0) is 13.0 Å². The highest BCUT2D eigenvalue weighted by Crippen LogP contribution is 2.22. The zero-order valence-corrected chi connectivity index (χ0v) is 13.3. The molecule has 2 aromatic rings. The molecule has 112 valence electrons. The van der Waals surface area contributed by atoms with E-state index in [4.69, 9.17) is 4.74 Å². The number of hydrogen-bond acceptors (Lipinski definition) is 5. The summed E-state index contributed by atoms with van der Waals surface area (Å²) >= 11 is 1.61. The van der Waals surface area contributed by atoms with Gasteiger partial charge in [-0.2, -0.15) is 0 Å². The van der Waals surface area contributed by atoms with Gasteiger partial charge in [-0.3, -0.25) is 0 Å². The quantitative estimate of drug-likeness (QED) is 0.751. The van der Waals surface area contributed by atoms with Gasteiger partial charge in [-0.15, -0.1) is 10.2 Å². The Morgan fingerprint density at radius 2 is 2.14 bits per heavy atom. The monoisotopic (exact) mass is 303 g/mol. The van der Waals surface area contributed by atoms with E-state index in [1.807, 2.05) is 24.3 Å². The molecule has 0 saturated heterocycles. The van der Waals surface area contributed by atoms with E-state index in [2.05, 4.69) is 35.9 Å². The minimum atomic E-state index is 0.508. The summed E-state index contributed by atoms with van der Waals surface area (Å²) in [6.07, 6.45) is 2.71. The standard InChI is InChI=1S/C16H21N3OS/c1-4-9-20-14-8-6-5-7-13(14)11-17-16-19-18-15(21-16)10-12(2)3/h4-8,12H,1,9-11H2,2-3H3,(H,17,19). The summed E-state index contributed by atoms with van der Waals surface area (Å²) in [7, 11) is 0. The Bertz CT molecular complexity index is 580. The van der Waals surface area contributed by atoms with E-state index in [1.165, 1.54) is 0 Å². The van der Waals surface area contributed by atoms with Gasteiger partial charge in [0.15, 0.2) is 0 Å². The van der Waals surface area contributed by atoms with Crippen LogP contribution in [0.25, 0.3) is 0 Å². The van der Waals surface area contributed by atoms with Crippen LogP contribution in [0.5, 0.6) is 5.75 Å². The first-order valence-corrected chi connectivity index (χ1v) is 7.88. The summed E-state index contributed by atoms with van der Waals surface area (Å²) in [5, 5.41) is 13.6. The molecule has 1 aromatic heterocycles. The van der Waals surface area contributed by atoms with Crippen LogP contribution in [0.2, 0.25) is 0 Å². The van der Waals surface area contributed by atoms with Gasteiger partial charge in [-0.1, -0.05) is 56.0 Å². The van der Waals surface area contributed by atoms with Crippen molar-refractivity contribution in [1.82, 2.24) is 10.2 Å². The van der Waals surface area contributed by atoms with Crippen molar-refractivity contribution < 1.29 is 4.74 Å². The molecular weight excluding hydrogens is 282 g/mol. The molecule has 0 aliphatic heterocycles. The second-order valence-corrected chi connectivity index (χ2v) is 6.22. The minimum absolute atomic E-state index is 0.508. The highest BCUT2D eigenvalue weighted by Gasteiger charge is 2.07. The van der Waals surface area contributed by atoms with Crippen LogP contribution in [-0.4, -0.2) is 16.8 Å². The highest BCUT2D eigenvalue weighted by atomic mass is 32.1. The molecule has 0 saturated carbocycles. The first kappa shape index (κ1) is 15.5. The molecule has 0 atom stereocenters. The normalized spacial score (nSPS) is 10.6. The molecule has 1 aromatic carbocycles. The van der Waals surface area contributed by atoms with Crippen molar-refractivity contribution >= 4 is 16.5 Å². The van der Waals surface area contributed by atoms with Gasteiger partial charge in [-0.05, 0) is 12.0 Å². The summed E-state index contributed by atoms with van der Waals surface area (Å²) in [6.45, 7) is 9.21. The molecule has 0 spiro atoms. The van der Waals surface area contributed by atoms with E-state index in [0.717, 1.165) is 27.9 Å². The number of ether oxygens (including phenoxy) is 1. The minimum Gasteiger partial charge on any atom is -0.489 e. The van der Waals surface area contributed by atoms with Crippen molar-refractivity contribution in [2.75, 3.05) is 11.9 Å². The predicted octanol–water partition coefficient (Wildman–Crippen LogP) is 3.91. The second kappa shape index (κ2) is 7.78. The molecule has 0 fully saturated rings. The molecule has 21 heavy (non-hydrogen) atoms. The fourth-order valence-corrected chi connectivity index (χ4v) is 2.81. The van der Waals surface area contributed by atoms with E-state index >= 15 is 0 Å². The number of rotatable bonds is 8. The number of nitrogens with zero attached hydrogens (tertiary/aromatic N) is 2. The SMILES string of the molecule is C=CCOc1ccccc1CNc1nnc(CC(C)C)s1. The molecule has 0 bridgehead atoms. The van der Waals surface area contributed by atoms with Gasteiger partial charge in [0.25, 0.3) is 0 Å². The summed E-state index contributed by atoms with van der Waals surface area (Å²) < 4.78 is 5.64. The van der Waals surface area contributed by atoms with E-state index in [-0.39, 0.29) is 0 Å². The van der Waals surface area contributed by atoms with Gasteiger partial charge in [0.05, 0.1) is 0 Å². The second-order valence-electron chi connectivity index (χ2n) is 5.16. The zero-order valence-electron chi connectivity index (χ0n) is 12.5. The Balaban J connectivity index is 1.96. The van der Waals surface area contributed by atoms with Gasteiger partial charge < -0.3 is 10.1 Å².